The molecule has 2 N–H and O–H groups in total. The van der Waals surface area contributed by atoms with E-state index in [-0.39, 0.29) is 13.2 Å². The number of hydrogen-bond acceptors (Lipinski definition) is 3. The Kier molecular flexibility index (Phi) is 5.15. The molecular weight excluding hydrogens is 254 g/mol. The fourth-order valence-electron chi connectivity index (χ4n) is 1.90. The van der Waals surface area contributed by atoms with Crippen molar-refractivity contribution in [2.75, 3.05) is 18.5 Å². The maximum absolute atomic E-state index is 11.5. The van der Waals surface area contributed by atoms with Crippen LogP contribution in [-0.2, 0) is 11.2 Å². The third kappa shape index (κ3) is 4.10. The highest BCUT2D eigenvalue weighted by Gasteiger charge is 2.07. The number of carbonyl (C=O) groups excluding carboxylic acids is 1. The lowest BCUT2D eigenvalue weighted by atomic mass is 10.0. The van der Waals surface area contributed by atoms with Gasteiger partial charge in [0.2, 0.25) is 0 Å². The van der Waals surface area contributed by atoms with Gasteiger partial charge in [0, 0.05) is 5.69 Å². The minimum absolute atomic E-state index is 0.00726. The van der Waals surface area contributed by atoms with Crippen LogP contribution in [0, 0.1) is 0 Å². The second-order valence-electron chi connectivity index (χ2n) is 4.30. The Morgan fingerprint density at radius 2 is 1.75 bits per heavy atom. The second-order valence-corrected chi connectivity index (χ2v) is 4.30. The van der Waals surface area contributed by atoms with E-state index in [9.17, 15) is 4.79 Å². The van der Waals surface area contributed by atoms with Crippen LogP contribution in [-0.4, -0.2) is 24.4 Å². The molecule has 0 saturated carbocycles. The van der Waals surface area contributed by atoms with Gasteiger partial charge in [0.05, 0.1) is 6.61 Å². The predicted octanol–water partition coefficient (Wildman–Crippen LogP) is 2.82. The molecule has 2 aromatic carbocycles. The summed E-state index contributed by atoms with van der Waals surface area (Å²) in [5.41, 5.74) is 2.91. The zero-order valence-electron chi connectivity index (χ0n) is 11.1. The Bertz CT molecular complexity index is 555. The van der Waals surface area contributed by atoms with Crippen LogP contribution in [0.25, 0.3) is 0 Å². The van der Waals surface area contributed by atoms with Crippen LogP contribution in [0.1, 0.15) is 11.1 Å². The second kappa shape index (κ2) is 7.31. The Balaban J connectivity index is 2.08. The molecule has 0 saturated heterocycles. The van der Waals surface area contributed by atoms with E-state index >= 15 is 0 Å². The van der Waals surface area contributed by atoms with Crippen LogP contribution in [0.3, 0.4) is 0 Å². The number of aliphatic hydroxyl groups is 1. The monoisotopic (exact) mass is 271 g/mol. The highest BCUT2D eigenvalue weighted by Crippen LogP contribution is 2.19. The SMILES string of the molecule is O=C(Nc1ccccc1Cc1ccccc1)OCCO. The van der Waals surface area contributed by atoms with Crippen LogP contribution in [0.5, 0.6) is 0 Å². The van der Waals surface area contributed by atoms with Crippen LogP contribution < -0.4 is 5.32 Å². The first kappa shape index (κ1) is 14.1. The zero-order chi connectivity index (χ0) is 14.2. The van der Waals surface area contributed by atoms with E-state index in [0.717, 1.165) is 17.7 Å². The molecule has 0 spiro atoms. The largest absolute Gasteiger partial charge is 0.447 e. The predicted molar refractivity (Wildman–Crippen MR) is 77.7 cm³/mol. The summed E-state index contributed by atoms with van der Waals surface area (Å²) in [4.78, 5) is 11.5. The van der Waals surface area contributed by atoms with E-state index in [1.54, 1.807) is 0 Å². The number of nitrogens with one attached hydrogen (secondary N) is 1. The third-order valence-electron chi connectivity index (χ3n) is 2.82. The van der Waals surface area contributed by atoms with Crippen LogP contribution in [0.2, 0.25) is 0 Å². The fraction of sp³-hybridized carbons (Fsp3) is 0.188. The summed E-state index contributed by atoms with van der Waals surface area (Å²) >= 11 is 0. The molecule has 0 aliphatic rings. The Labute approximate surface area is 118 Å². The average Bonchev–Trinajstić information content (AvgIpc) is 2.48. The van der Waals surface area contributed by atoms with E-state index in [2.05, 4.69) is 5.32 Å². The van der Waals surface area contributed by atoms with Crippen LogP contribution >= 0.6 is 0 Å². The van der Waals surface area contributed by atoms with Crippen molar-refractivity contribution in [3.05, 3.63) is 65.7 Å². The molecule has 0 aliphatic carbocycles. The molecule has 0 atom stereocenters. The first-order chi connectivity index (χ1) is 9.79. The molecule has 2 rings (SSSR count). The van der Waals surface area contributed by atoms with Gasteiger partial charge in [-0.05, 0) is 23.6 Å². The molecule has 4 heteroatoms. The molecule has 0 aliphatic heterocycles. The number of hydrogen-bond donors (Lipinski definition) is 2. The van der Waals surface area contributed by atoms with Gasteiger partial charge in [-0.3, -0.25) is 5.32 Å². The summed E-state index contributed by atoms with van der Waals surface area (Å²) in [5, 5.41) is 11.3. The summed E-state index contributed by atoms with van der Waals surface area (Å²) in [6.07, 6.45) is 0.177. The van der Waals surface area contributed by atoms with Gasteiger partial charge < -0.3 is 9.84 Å². The quantitative estimate of drug-likeness (QED) is 0.879. The van der Waals surface area contributed by atoms with E-state index in [1.807, 2.05) is 54.6 Å². The number of benzene rings is 2. The summed E-state index contributed by atoms with van der Waals surface area (Å²) in [7, 11) is 0. The lowest BCUT2D eigenvalue weighted by Crippen LogP contribution is -2.16. The molecule has 0 aromatic heterocycles. The minimum atomic E-state index is -0.556. The Morgan fingerprint density at radius 1 is 1.05 bits per heavy atom. The van der Waals surface area contributed by atoms with Crippen LogP contribution in [0.4, 0.5) is 10.5 Å². The standard InChI is InChI=1S/C16H17NO3/c18-10-11-20-16(19)17-15-9-5-4-8-14(15)12-13-6-2-1-3-7-13/h1-9,18H,10-12H2,(H,17,19). The number of amides is 1. The number of aliphatic hydroxyl groups excluding tert-OH is 1. The van der Waals surface area contributed by atoms with Gasteiger partial charge in [-0.25, -0.2) is 4.79 Å². The lowest BCUT2D eigenvalue weighted by molar-refractivity contribution is 0.131. The first-order valence-corrected chi connectivity index (χ1v) is 6.46. The molecule has 0 bridgehead atoms. The molecule has 0 fully saturated rings. The van der Waals surface area contributed by atoms with Gasteiger partial charge in [-0.2, -0.15) is 0 Å². The smallest absolute Gasteiger partial charge is 0.411 e. The van der Waals surface area contributed by atoms with E-state index in [0.29, 0.717) is 0 Å². The summed E-state index contributed by atoms with van der Waals surface area (Å²) in [6.45, 7) is -0.189. The molecule has 104 valence electrons. The van der Waals surface area contributed by atoms with Crippen molar-refractivity contribution in [3.8, 4) is 0 Å². The number of para-hydroxylation sites is 1. The molecule has 2 aromatic rings. The van der Waals surface area contributed by atoms with Gasteiger partial charge in [0.1, 0.15) is 6.61 Å². The topological polar surface area (TPSA) is 58.6 Å². The summed E-state index contributed by atoms with van der Waals surface area (Å²) < 4.78 is 4.80. The number of ether oxygens (including phenoxy) is 1. The van der Waals surface area contributed by atoms with Crippen molar-refractivity contribution >= 4 is 11.8 Å². The summed E-state index contributed by atoms with van der Waals surface area (Å²) in [6, 6.07) is 17.6. The first-order valence-electron chi connectivity index (χ1n) is 6.46. The zero-order valence-corrected chi connectivity index (χ0v) is 11.1. The molecular formula is C16H17NO3. The van der Waals surface area contributed by atoms with Crippen molar-refractivity contribution in [1.82, 2.24) is 0 Å². The Morgan fingerprint density at radius 3 is 2.50 bits per heavy atom. The molecule has 4 nitrogen and oxygen atoms in total. The minimum Gasteiger partial charge on any atom is -0.447 e. The molecule has 0 radical (unpaired) electrons. The average molecular weight is 271 g/mol. The van der Waals surface area contributed by atoms with Crippen molar-refractivity contribution in [3.63, 3.8) is 0 Å². The molecule has 0 unspecified atom stereocenters. The highest BCUT2D eigenvalue weighted by molar-refractivity contribution is 5.85. The van der Waals surface area contributed by atoms with E-state index in [4.69, 9.17) is 9.84 Å². The molecule has 0 heterocycles. The van der Waals surface area contributed by atoms with Gasteiger partial charge in [-0.15, -0.1) is 0 Å². The molecule has 20 heavy (non-hydrogen) atoms. The highest BCUT2D eigenvalue weighted by atomic mass is 16.6. The molecule has 1 amide bonds. The fourth-order valence-corrected chi connectivity index (χ4v) is 1.90. The normalized spacial score (nSPS) is 10.1. The van der Waals surface area contributed by atoms with Crippen molar-refractivity contribution < 1.29 is 14.6 Å². The van der Waals surface area contributed by atoms with Crippen molar-refractivity contribution in [2.45, 2.75) is 6.42 Å². The van der Waals surface area contributed by atoms with Crippen molar-refractivity contribution in [2.24, 2.45) is 0 Å². The maximum Gasteiger partial charge on any atom is 0.411 e. The Hall–Kier alpha value is -2.33. The van der Waals surface area contributed by atoms with Gasteiger partial charge >= 0.3 is 6.09 Å². The lowest BCUT2D eigenvalue weighted by Gasteiger charge is -2.11. The maximum atomic E-state index is 11.5. The van der Waals surface area contributed by atoms with Gasteiger partial charge in [0.25, 0.3) is 0 Å². The third-order valence-corrected chi connectivity index (χ3v) is 2.82. The van der Waals surface area contributed by atoms with Gasteiger partial charge in [-0.1, -0.05) is 48.5 Å². The van der Waals surface area contributed by atoms with Gasteiger partial charge in [0.15, 0.2) is 0 Å². The number of anilines is 1. The van der Waals surface area contributed by atoms with E-state index < -0.39 is 6.09 Å². The number of carbonyl (C=O) groups is 1. The summed E-state index contributed by atoms with van der Waals surface area (Å²) in [5.74, 6) is 0. The van der Waals surface area contributed by atoms with E-state index in [1.165, 1.54) is 5.56 Å². The number of rotatable bonds is 5. The van der Waals surface area contributed by atoms with Crippen LogP contribution in [0.15, 0.2) is 54.6 Å². The van der Waals surface area contributed by atoms with Crippen molar-refractivity contribution in [1.29, 1.82) is 0 Å².